The van der Waals surface area contributed by atoms with E-state index in [2.05, 4.69) is 25.4 Å². The van der Waals surface area contributed by atoms with E-state index in [1.807, 2.05) is 26.0 Å². The topological polar surface area (TPSA) is 88.5 Å². The Bertz CT molecular complexity index is 1540. The second-order valence-electron chi connectivity index (χ2n) is 7.62. The zero-order valence-electron chi connectivity index (χ0n) is 19.8. The molecule has 0 aliphatic heterocycles. The third kappa shape index (κ3) is 5.12. The highest BCUT2D eigenvalue weighted by molar-refractivity contribution is 5.85. The molecule has 184 valence electrons. The lowest BCUT2D eigenvalue weighted by Crippen LogP contribution is -2.07. The van der Waals surface area contributed by atoms with Crippen LogP contribution in [-0.4, -0.2) is 24.7 Å². The predicted molar refractivity (Wildman–Crippen MR) is 134 cm³/mol. The van der Waals surface area contributed by atoms with E-state index in [0.717, 1.165) is 28.3 Å². The first-order valence-corrected chi connectivity index (χ1v) is 11.2. The minimum atomic E-state index is -4.47. The molecular formula is C26H23F3N6O. The van der Waals surface area contributed by atoms with Crippen molar-refractivity contribution in [1.29, 1.82) is 0 Å². The van der Waals surface area contributed by atoms with Crippen LogP contribution in [0, 0.1) is 0 Å². The SMILES string of the molecule is CC.Cn1nc(-c2ccc(-c3ccc(C(F)(F)F)nc3)cc2)nc1Nc1ccc2c(=O)[nH]ccc2c1. The predicted octanol–water partition coefficient (Wildman–Crippen LogP) is 6.17. The Morgan fingerprint density at radius 2 is 1.61 bits per heavy atom. The minimum absolute atomic E-state index is 0.152. The monoisotopic (exact) mass is 492 g/mol. The van der Waals surface area contributed by atoms with E-state index < -0.39 is 11.9 Å². The van der Waals surface area contributed by atoms with E-state index in [4.69, 9.17) is 0 Å². The first-order valence-electron chi connectivity index (χ1n) is 11.2. The molecular weight excluding hydrogens is 469 g/mol. The molecule has 3 heterocycles. The first-order chi connectivity index (χ1) is 17.3. The van der Waals surface area contributed by atoms with Crippen molar-refractivity contribution in [3.05, 3.63) is 89.1 Å². The Morgan fingerprint density at radius 1 is 0.917 bits per heavy atom. The van der Waals surface area contributed by atoms with E-state index in [-0.39, 0.29) is 5.56 Å². The van der Waals surface area contributed by atoms with Gasteiger partial charge in [-0.25, -0.2) is 4.68 Å². The Balaban J connectivity index is 0.00000148. The maximum atomic E-state index is 12.7. The summed E-state index contributed by atoms with van der Waals surface area (Å²) < 4.78 is 39.8. The summed E-state index contributed by atoms with van der Waals surface area (Å²) >= 11 is 0. The Morgan fingerprint density at radius 3 is 2.28 bits per heavy atom. The number of halogens is 3. The molecule has 0 aliphatic rings. The number of fused-ring (bicyclic) bond motifs is 1. The second-order valence-corrected chi connectivity index (χ2v) is 7.62. The van der Waals surface area contributed by atoms with Crippen LogP contribution in [0.2, 0.25) is 0 Å². The fourth-order valence-electron chi connectivity index (χ4n) is 3.56. The van der Waals surface area contributed by atoms with Crippen LogP contribution in [0.15, 0.2) is 77.9 Å². The molecule has 0 bridgehead atoms. The first kappa shape index (κ1) is 24.6. The summed E-state index contributed by atoms with van der Waals surface area (Å²) in [7, 11) is 1.76. The molecule has 2 N–H and O–H groups in total. The molecule has 0 saturated carbocycles. The van der Waals surface area contributed by atoms with Crippen LogP contribution >= 0.6 is 0 Å². The number of hydrogen-bond acceptors (Lipinski definition) is 5. The summed E-state index contributed by atoms with van der Waals surface area (Å²) in [5.41, 5.74) is 1.73. The molecule has 3 aromatic heterocycles. The average molecular weight is 493 g/mol. The molecule has 0 aliphatic carbocycles. The van der Waals surface area contributed by atoms with Gasteiger partial charge in [0.15, 0.2) is 5.82 Å². The van der Waals surface area contributed by atoms with Gasteiger partial charge >= 0.3 is 6.18 Å². The fourth-order valence-corrected chi connectivity index (χ4v) is 3.56. The quantitative estimate of drug-likeness (QED) is 0.313. The molecule has 7 nitrogen and oxygen atoms in total. The van der Waals surface area contributed by atoms with Crippen molar-refractivity contribution in [2.75, 3.05) is 5.32 Å². The van der Waals surface area contributed by atoms with Gasteiger partial charge in [0, 0.05) is 41.6 Å². The summed E-state index contributed by atoms with van der Waals surface area (Å²) in [6.45, 7) is 4.00. The van der Waals surface area contributed by atoms with E-state index in [1.54, 1.807) is 54.3 Å². The lowest BCUT2D eigenvalue weighted by atomic mass is 10.1. The zero-order valence-corrected chi connectivity index (χ0v) is 19.8. The molecule has 2 aromatic carbocycles. The number of pyridine rings is 2. The number of rotatable bonds is 4. The summed E-state index contributed by atoms with van der Waals surface area (Å²) in [6, 6.07) is 16.7. The molecule has 5 aromatic rings. The molecule has 0 radical (unpaired) electrons. The van der Waals surface area contributed by atoms with Gasteiger partial charge in [0.25, 0.3) is 5.56 Å². The van der Waals surface area contributed by atoms with Gasteiger partial charge in [-0.05, 0) is 41.3 Å². The van der Waals surface area contributed by atoms with Gasteiger partial charge in [-0.2, -0.15) is 18.2 Å². The highest BCUT2D eigenvalue weighted by Crippen LogP contribution is 2.30. The smallest absolute Gasteiger partial charge is 0.329 e. The highest BCUT2D eigenvalue weighted by Gasteiger charge is 2.32. The number of nitrogens with zero attached hydrogens (tertiary/aromatic N) is 4. The Hall–Kier alpha value is -4.47. The molecule has 0 amide bonds. The maximum absolute atomic E-state index is 12.7. The number of nitrogens with one attached hydrogen (secondary N) is 2. The second kappa shape index (κ2) is 10.0. The number of hydrogen-bond donors (Lipinski definition) is 2. The van der Waals surface area contributed by atoms with Crippen LogP contribution in [-0.2, 0) is 13.2 Å². The Labute approximate surface area is 204 Å². The summed E-state index contributed by atoms with van der Waals surface area (Å²) in [5.74, 6) is 0.995. The van der Waals surface area contributed by atoms with Crippen LogP contribution in [0.25, 0.3) is 33.3 Å². The normalized spacial score (nSPS) is 11.2. The van der Waals surface area contributed by atoms with Crippen molar-refractivity contribution >= 4 is 22.4 Å². The summed E-state index contributed by atoms with van der Waals surface area (Å²) in [4.78, 5) is 22.6. The van der Waals surface area contributed by atoms with Gasteiger partial charge in [-0.1, -0.05) is 44.2 Å². The number of alkyl halides is 3. The van der Waals surface area contributed by atoms with Crippen LogP contribution in [0.4, 0.5) is 24.8 Å². The van der Waals surface area contributed by atoms with Gasteiger partial charge < -0.3 is 10.3 Å². The molecule has 0 saturated heterocycles. The largest absolute Gasteiger partial charge is 0.433 e. The van der Waals surface area contributed by atoms with Gasteiger partial charge in [-0.15, -0.1) is 5.10 Å². The summed E-state index contributed by atoms with van der Waals surface area (Å²) in [5, 5.41) is 9.04. The van der Waals surface area contributed by atoms with E-state index in [1.165, 1.54) is 12.3 Å². The lowest BCUT2D eigenvalue weighted by molar-refractivity contribution is -0.141. The number of benzene rings is 2. The van der Waals surface area contributed by atoms with Crippen molar-refractivity contribution in [2.24, 2.45) is 7.05 Å². The third-order valence-corrected chi connectivity index (χ3v) is 5.32. The van der Waals surface area contributed by atoms with Crippen molar-refractivity contribution in [1.82, 2.24) is 24.7 Å². The van der Waals surface area contributed by atoms with Crippen LogP contribution in [0.5, 0.6) is 0 Å². The van der Waals surface area contributed by atoms with Gasteiger partial charge in [0.1, 0.15) is 5.69 Å². The van der Waals surface area contributed by atoms with E-state index >= 15 is 0 Å². The van der Waals surface area contributed by atoms with E-state index in [0.29, 0.717) is 22.7 Å². The maximum Gasteiger partial charge on any atom is 0.433 e. The van der Waals surface area contributed by atoms with Crippen molar-refractivity contribution in [2.45, 2.75) is 20.0 Å². The van der Waals surface area contributed by atoms with E-state index in [9.17, 15) is 18.0 Å². The van der Waals surface area contributed by atoms with Crippen LogP contribution in [0.1, 0.15) is 19.5 Å². The zero-order chi connectivity index (χ0) is 25.9. The standard InChI is InChI=1S/C24H17F3N6O.C2H6/c1-33-23(30-18-7-8-19-16(12-18)10-11-28-22(19)34)31-21(32-33)15-4-2-14(3-5-15)17-6-9-20(29-13-17)24(25,26)27;1-2/h2-13H,1H3,(H,28,34)(H,30,31,32);1-2H3. The van der Waals surface area contributed by atoms with Crippen molar-refractivity contribution in [3.63, 3.8) is 0 Å². The number of aromatic amines is 1. The molecule has 0 fully saturated rings. The third-order valence-electron chi connectivity index (χ3n) is 5.32. The summed E-state index contributed by atoms with van der Waals surface area (Å²) in [6.07, 6.45) is -1.67. The average Bonchev–Trinajstić information content (AvgIpc) is 3.25. The van der Waals surface area contributed by atoms with Gasteiger partial charge in [0.05, 0.1) is 0 Å². The molecule has 36 heavy (non-hydrogen) atoms. The van der Waals surface area contributed by atoms with Crippen LogP contribution in [0.3, 0.4) is 0 Å². The van der Waals surface area contributed by atoms with Crippen LogP contribution < -0.4 is 10.9 Å². The number of anilines is 2. The molecule has 0 unspecified atom stereocenters. The molecule has 0 atom stereocenters. The number of aryl methyl sites for hydroxylation is 1. The fraction of sp³-hybridized carbons (Fsp3) is 0.154. The molecule has 5 rings (SSSR count). The van der Waals surface area contributed by atoms with Gasteiger partial charge in [0.2, 0.25) is 5.95 Å². The number of aromatic nitrogens is 5. The van der Waals surface area contributed by atoms with Crippen molar-refractivity contribution in [3.8, 4) is 22.5 Å². The molecule has 10 heteroatoms. The van der Waals surface area contributed by atoms with Crippen molar-refractivity contribution < 1.29 is 13.2 Å². The minimum Gasteiger partial charge on any atom is -0.329 e. The highest BCUT2D eigenvalue weighted by atomic mass is 19.4. The lowest BCUT2D eigenvalue weighted by Gasteiger charge is -2.07. The van der Waals surface area contributed by atoms with Gasteiger partial charge in [-0.3, -0.25) is 9.78 Å². The number of H-pyrrole nitrogens is 1. The Kier molecular flexibility index (Phi) is 6.86. The molecule has 0 spiro atoms.